The van der Waals surface area contributed by atoms with E-state index in [1.54, 1.807) is 48.8 Å². The molecule has 3 aromatic heterocycles. The zero-order chi connectivity index (χ0) is 32.1. The van der Waals surface area contributed by atoms with Gasteiger partial charge in [0.05, 0.1) is 36.2 Å². The normalized spacial score (nSPS) is 21.6. The van der Waals surface area contributed by atoms with E-state index < -0.39 is 6.03 Å². The van der Waals surface area contributed by atoms with Crippen LogP contribution in [-0.4, -0.2) is 75.5 Å². The molecule has 240 valence electrons. The lowest BCUT2D eigenvalue weighted by Crippen LogP contribution is -2.58. The molecule has 0 saturated carbocycles. The molecule has 2 atom stereocenters. The summed E-state index contributed by atoms with van der Waals surface area (Å²) >= 11 is 0. The second-order valence-electron chi connectivity index (χ2n) is 12.6. The fourth-order valence-corrected chi connectivity index (χ4v) is 7.25. The molecule has 0 radical (unpaired) electrons. The molecule has 2 bridgehead atoms. The number of hydrogen-bond acceptors (Lipinski definition) is 8. The van der Waals surface area contributed by atoms with E-state index in [2.05, 4.69) is 30.4 Å². The fourth-order valence-electron chi connectivity index (χ4n) is 7.25. The lowest BCUT2D eigenvalue weighted by atomic mass is 9.90. The third-order valence-electron chi connectivity index (χ3n) is 9.65. The first-order valence-electron chi connectivity index (χ1n) is 16.1. The van der Waals surface area contributed by atoms with Gasteiger partial charge in [-0.3, -0.25) is 14.6 Å². The number of urea groups is 1. The number of rotatable bonds is 5. The number of ketones is 1. The van der Waals surface area contributed by atoms with Gasteiger partial charge < -0.3 is 34.5 Å². The van der Waals surface area contributed by atoms with E-state index >= 15 is 0 Å². The largest absolute Gasteiger partial charge is 0.452 e. The molecule has 0 spiro atoms. The van der Waals surface area contributed by atoms with Crippen LogP contribution in [0.2, 0.25) is 0 Å². The number of pyridine rings is 2. The van der Waals surface area contributed by atoms with Crippen LogP contribution < -0.4 is 20.3 Å². The molecule has 0 aliphatic carbocycles. The van der Waals surface area contributed by atoms with Crippen molar-refractivity contribution in [2.24, 2.45) is 13.0 Å². The van der Waals surface area contributed by atoms with E-state index in [1.807, 2.05) is 30.1 Å². The number of fused-ring (bicyclic) bond motifs is 5. The van der Waals surface area contributed by atoms with Gasteiger partial charge in [0.2, 0.25) is 11.7 Å². The van der Waals surface area contributed by atoms with Crippen LogP contribution in [0.4, 0.5) is 21.9 Å². The molecule has 4 aromatic rings. The van der Waals surface area contributed by atoms with Gasteiger partial charge in [-0.05, 0) is 68.2 Å². The SMILES string of the molecule is Cn1cc(/C=C2\Oc3ccc(NC(=O)Nc4cccnc4)cc3C2=O)c2c(N3CCC(C(=O)N4CC5CCC4CO5)CC3)ccnc21. The number of allylic oxidation sites excluding steroid dienone is 1. The molecule has 4 saturated heterocycles. The van der Waals surface area contributed by atoms with E-state index in [0.717, 1.165) is 67.6 Å². The first-order chi connectivity index (χ1) is 22.9. The summed E-state index contributed by atoms with van der Waals surface area (Å²) in [6.07, 6.45) is 12.5. The van der Waals surface area contributed by atoms with Crippen molar-refractivity contribution in [1.29, 1.82) is 0 Å². The Bertz CT molecular complexity index is 1910. The third-order valence-corrected chi connectivity index (χ3v) is 9.65. The van der Waals surface area contributed by atoms with Crippen molar-refractivity contribution in [3.05, 3.63) is 78.1 Å². The molecule has 12 heteroatoms. The Kier molecular flexibility index (Phi) is 7.36. The highest BCUT2D eigenvalue weighted by molar-refractivity contribution is 6.16. The maximum atomic E-state index is 13.5. The molecule has 9 rings (SSSR count). The standard InChI is InChI=1S/C35H35N7O5/c1-40-18-22(15-30-32(43)27-16-23(4-7-29(27)47-30)38-35(45)39-24-3-2-11-36-17-24)31-28(8-12-37-33(31)40)41-13-9-21(10-14-41)34(44)42-19-26-6-5-25(42)20-46-26/h2-4,7-8,11-12,15-18,21,25-26H,5-6,9-10,13-14,19-20H2,1H3,(H2,38,39,45)/b30-15-. The monoisotopic (exact) mass is 633 g/mol. The summed E-state index contributed by atoms with van der Waals surface area (Å²) in [7, 11) is 1.93. The van der Waals surface area contributed by atoms with Crippen LogP contribution in [0, 0.1) is 5.92 Å². The molecule has 2 unspecified atom stereocenters. The average Bonchev–Trinajstić information content (AvgIpc) is 3.60. The van der Waals surface area contributed by atoms with Gasteiger partial charge in [-0.15, -0.1) is 0 Å². The minimum atomic E-state index is -0.447. The Labute approximate surface area is 271 Å². The van der Waals surface area contributed by atoms with Crippen LogP contribution in [0.3, 0.4) is 0 Å². The van der Waals surface area contributed by atoms with E-state index in [1.165, 1.54) is 0 Å². The highest BCUT2D eigenvalue weighted by atomic mass is 16.5. The Morgan fingerprint density at radius 2 is 1.87 bits per heavy atom. The number of carbonyl (C=O) groups is 3. The molecule has 4 fully saturated rings. The summed E-state index contributed by atoms with van der Waals surface area (Å²) in [4.78, 5) is 52.5. The van der Waals surface area contributed by atoms with E-state index in [0.29, 0.717) is 29.3 Å². The number of nitrogens with zero attached hydrogens (tertiary/aromatic N) is 5. The fraction of sp³-hybridized carbons (Fsp3) is 0.343. The maximum absolute atomic E-state index is 13.5. The zero-order valence-corrected chi connectivity index (χ0v) is 26.0. The number of amides is 3. The highest BCUT2D eigenvalue weighted by Crippen LogP contribution is 2.38. The molecule has 3 amide bonds. The van der Waals surface area contributed by atoms with Crippen molar-refractivity contribution >= 4 is 51.9 Å². The van der Waals surface area contributed by atoms with Crippen LogP contribution in [0.5, 0.6) is 5.75 Å². The number of aromatic nitrogens is 3. The highest BCUT2D eigenvalue weighted by Gasteiger charge is 2.40. The molecule has 5 aliphatic rings. The van der Waals surface area contributed by atoms with Crippen molar-refractivity contribution in [3.63, 3.8) is 0 Å². The Morgan fingerprint density at radius 1 is 1.02 bits per heavy atom. The van der Waals surface area contributed by atoms with Crippen LogP contribution >= 0.6 is 0 Å². The molecule has 1 aromatic carbocycles. The molecule has 8 heterocycles. The summed E-state index contributed by atoms with van der Waals surface area (Å²) in [5.74, 6) is 0.650. The summed E-state index contributed by atoms with van der Waals surface area (Å²) < 4.78 is 13.8. The van der Waals surface area contributed by atoms with Crippen LogP contribution in [0.1, 0.15) is 41.6 Å². The Morgan fingerprint density at radius 3 is 2.62 bits per heavy atom. The summed E-state index contributed by atoms with van der Waals surface area (Å²) in [6, 6.07) is 10.2. The molecule has 2 N–H and O–H groups in total. The molecule has 47 heavy (non-hydrogen) atoms. The number of Topliss-reactive ketones (excluding diaryl/α,β-unsaturated/α-hetero) is 1. The van der Waals surface area contributed by atoms with Crippen LogP contribution in [0.25, 0.3) is 17.1 Å². The van der Waals surface area contributed by atoms with Gasteiger partial charge in [-0.1, -0.05) is 0 Å². The number of piperidine rings is 2. The number of benzene rings is 1. The second kappa shape index (κ2) is 11.8. The lowest BCUT2D eigenvalue weighted by Gasteiger charge is -2.47. The first kappa shape index (κ1) is 29.2. The maximum Gasteiger partial charge on any atom is 0.323 e. The number of nitrogens with one attached hydrogen (secondary N) is 2. The minimum absolute atomic E-state index is 0.0177. The minimum Gasteiger partial charge on any atom is -0.452 e. The van der Waals surface area contributed by atoms with Crippen molar-refractivity contribution in [1.82, 2.24) is 19.4 Å². The van der Waals surface area contributed by atoms with Crippen molar-refractivity contribution < 1.29 is 23.9 Å². The van der Waals surface area contributed by atoms with Gasteiger partial charge in [0.1, 0.15) is 11.4 Å². The second-order valence-corrected chi connectivity index (χ2v) is 12.6. The van der Waals surface area contributed by atoms with Crippen LogP contribution in [-0.2, 0) is 16.6 Å². The van der Waals surface area contributed by atoms with E-state index in [4.69, 9.17) is 9.47 Å². The number of morpholine rings is 1. The quantitative estimate of drug-likeness (QED) is 0.299. The van der Waals surface area contributed by atoms with Gasteiger partial charge >= 0.3 is 6.03 Å². The Balaban J connectivity index is 0.993. The van der Waals surface area contributed by atoms with Crippen molar-refractivity contribution in [2.75, 3.05) is 41.8 Å². The van der Waals surface area contributed by atoms with Crippen molar-refractivity contribution in [2.45, 2.75) is 37.8 Å². The smallest absolute Gasteiger partial charge is 0.323 e. The predicted molar refractivity (Wildman–Crippen MR) is 176 cm³/mol. The first-order valence-corrected chi connectivity index (χ1v) is 16.1. The van der Waals surface area contributed by atoms with Gasteiger partial charge in [0.25, 0.3) is 0 Å². The number of hydrogen-bond donors (Lipinski definition) is 2. The van der Waals surface area contributed by atoms with E-state index in [-0.39, 0.29) is 35.5 Å². The lowest BCUT2D eigenvalue weighted by molar-refractivity contribution is -0.159. The average molecular weight is 634 g/mol. The van der Waals surface area contributed by atoms with Gasteiger partial charge in [0, 0.05) is 73.5 Å². The zero-order valence-electron chi connectivity index (χ0n) is 26.0. The van der Waals surface area contributed by atoms with Crippen molar-refractivity contribution in [3.8, 4) is 5.75 Å². The number of carbonyl (C=O) groups excluding carboxylic acids is 3. The summed E-state index contributed by atoms with van der Waals surface area (Å²) in [5, 5.41) is 6.41. The summed E-state index contributed by atoms with van der Waals surface area (Å²) in [6.45, 7) is 2.89. The summed E-state index contributed by atoms with van der Waals surface area (Å²) in [5.41, 5.74) is 4.02. The topological polar surface area (TPSA) is 131 Å². The number of ether oxygens (including phenoxy) is 2. The van der Waals surface area contributed by atoms with Gasteiger partial charge in [-0.25, -0.2) is 9.78 Å². The van der Waals surface area contributed by atoms with E-state index in [9.17, 15) is 14.4 Å². The van der Waals surface area contributed by atoms with Gasteiger partial charge in [-0.2, -0.15) is 0 Å². The third kappa shape index (κ3) is 5.48. The van der Waals surface area contributed by atoms with Gasteiger partial charge in [0.15, 0.2) is 5.76 Å². The van der Waals surface area contributed by atoms with Crippen LogP contribution in [0.15, 0.2) is 66.9 Å². The predicted octanol–water partition coefficient (Wildman–Crippen LogP) is 4.83. The molecular weight excluding hydrogens is 598 g/mol. The molecule has 5 aliphatic heterocycles. The Hall–Kier alpha value is -5.23. The number of anilines is 3. The molecule has 12 nitrogen and oxygen atoms in total. The number of aryl methyl sites for hydroxylation is 1. The molecular formula is C35H35N7O5.